The number of hydrogen-bond acceptors (Lipinski definition) is 4. The number of alkyl halides is 1. The standard InChI is InChI=1S/C9H10BrFN2O4/c10-4-1-7(17-6(4)3-14)13-2-5(11)8(15)12-9(13)16/h2,4,6-7,14H,1,3H2,(H,12,15,16)/t4-,6+,7+/m0/s1. The first-order chi connectivity index (χ1) is 8.02. The molecule has 1 saturated heterocycles. The molecule has 94 valence electrons. The van der Waals surface area contributed by atoms with Crippen LogP contribution in [-0.4, -0.2) is 32.2 Å². The second-order valence-corrected chi connectivity index (χ2v) is 4.88. The van der Waals surface area contributed by atoms with E-state index in [9.17, 15) is 14.0 Å². The van der Waals surface area contributed by atoms with Crippen LogP contribution in [0.2, 0.25) is 0 Å². The zero-order valence-electron chi connectivity index (χ0n) is 8.60. The van der Waals surface area contributed by atoms with Gasteiger partial charge in [-0.3, -0.25) is 14.3 Å². The number of ether oxygens (including phenoxy) is 1. The number of aliphatic hydroxyl groups excluding tert-OH is 1. The van der Waals surface area contributed by atoms with E-state index in [2.05, 4.69) is 15.9 Å². The molecular formula is C9H10BrFN2O4. The molecule has 6 nitrogen and oxygen atoms in total. The minimum absolute atomic E-state index is 0.126. The first kappa shape index (κ1) is 12.5. The van der Waals surface area contributed by atoms with Gasteiger partial charge in [0.05, 0.1) is 18.9 Å². The van der Waals surface area contributed by atoms with E-state index in [1.54, 1.807) is 0 Å². The molecule has 17 heavy (non-hydrogen) atoms. The van der Waals surface area contributed by atoms with Gasteiger partial charge in [0.15, 0.2) is 0 Å². The van der Waals surface area contributed by atoms with E-state index in [0.717, 1.165) is 10.8 Å². The number of aliphatic hydroxyl groups is 1. The van der Waals surface area contributed by atoms with Crippen molar-refractivity contribution in [1.82, 2.24) is 9.55 Å². The molecule has 0 unspecified atom stereocenters. The first-order valence-corrected chi connectivity index (χ1v) is 5.86. The van der Waals surface area contributed by atoms with E-state index in [0.29, 0.717) is 6.42 Å². The molecule has 0 aromatic carbocycles. The molecule has 2 heterocycles. The van der Waals surface area contributed by atoms with Crippen molar-refractivity contribution >= 4 is 15.9 Å². The molecule has 0 bridgehead atoms. The molecule has 0 radical (unpaired) electrons. The molecule has 2 rings (SSSR count). The van der Waals surface area contributed by atoms with Gasteiger partial charge in [-0.05, 0) is 0 Å². The highest BCUT2D eigenvalue weighted by atomic mass is 79.9. The van der Waals surface area contributed by atoms with Gasteiger partial charge in [0.25, 0.3) is 5.56 Å². The molecule has 2 N–H and O–H groups in total. The molecule has 0 aliphatic carbocycles. The van der Waals surface area contributed by atoms with Crippen LogP contribution in [0.15, 0.2) is 15.8 Å². The molecule has 0 saturated carbocycles. The lowest BCUT2D eigenvalue weighted by Gasteiger charge is -2.14. The maximum Gasteiger partial charge on any atom is 0.330 e. The predicted molar refractivity (Wildman–Crippen MR) is 59.6 cm³/mol. The molecule has 1 aliphatic heterocycles. The van der Waals surface area contributed by atoms with E-state index in [4.69, 9.17) is 9.84 Å². The zero-order chi connectivity index (χ0) is 12.6. The van der Waals surface area contributed by atoms with Crippen molar-refractivity contribution in [1.29, 1.82) is 0 Å². The van der Waals surface area contributed by atoms with E-state index in [1.165, 1.54) is 0 Å². The summed E-state index contributed by atoms with van der Waals surface area (Å²) in [4.78, 5) is 24.0. The average Bonchev–Trinajstić information content (AvgIpc) is 2.65. The van der Waals surface area contributed by atoms with Crippen molar-refractivity contribution in [2.24, 2.45) is 0 Å². The summed E-state index contributed by atoms with van der Waals surface area (Å²) in [6.07, 6.45) is 0.0549. The fraction of sp³-hybridized carbons (Fsp3) is 0.556. The first-order valence-electron chi connectivity index (χ1n) is 4.94. The molecule has 3 atom stereocenters. The van der Waals surface area contributed by atoms with Crippen molar-refractivity contribution in [3.8, 4) is 0 Å². The highest BCUT2D eigenvalue weighted by molar-refractivity contribution is 9.09. The van der Waals surface area contributed by atoms with Gasteiger partial charge < -0.3 is 9.84 Å². The molecule has 1 aliphatic rings. The molecule has 0 spiro atoms. The Kier molecular flexibility index (Phi) is 3.45. The van der Waals surface area contributed by atoms with Crippen LogP contribution in [0.25, 0.3) is 0 Å². The van der Waals surface area contributed by atoms with Gasteiger partial charge in [-0.15, -0.1) is 0 Å². The topological polar surface area (TPSA) is 84.3 Å². The van der Waals surface area contributed by atoms with Gasteiger partial charge >= 0.3 is 5.69 Å². The third-order valence-electron chi connectivity index (χ3n) is 2.58. The van der Waals surface area contributed by atoms with E-state index in [-0.39, 0.29) is 11.4 Å². The molecule has 1 fully saturated rings. The van der Waals surface area contributed by atoms with E-state index < -0.39 is 29.4 Å². The fourth-order valence-electron chi connectivity index (χ4n) is 1.70. The number of rotatable bonds is 2. The number of nitrogens with zero attached hydrogens (tertiary/aromatic N) is 1. The summed E-state index contributed by atoms with van der Waals surface area (Å²) in [5.41, 5.74) is -1.79. The summed E-state index contributed by atoms with van der Waals surface area (Å²) >= 11 is 3.29. The summed E-state index contributed by atoms with van der Waals surface area (Å²) in [6, 6.07) is 0. The summed E-state index contributed by atoms with van der Waals surface area (Å²) in [5, 5.41) is 8.99. The lowest BCUT2D eigenvalue weighted by molar-refractivity contribution is -0.0239. The lowest BCUT2D eigenvalue weighted by Crippen LogP contribution is -2.34. The second kappa shape index (κ2) is 4.71. The van der Waals surface area contributed by atoms with Gasteiger partial charge in [-0.2, -0.15) is 4.39 Å². The second-order valence-electron chi connectivity index (χ2n) is 3.71. The summed E-state index contributed by atoms with van der Waals surface area (Å²) in [5.74, 6) is -1.05. The molecule has 0 amide bonds. The summed E-state index contributed by atoms with van der Waals surface area (Å²) in [7, 11) is 0. The van der Waals surface area contributed by atoms with Crippen LogP contribution in [0.1, 0.15) is 12.6 Å². The summed E-state index contributed by atoms with van der Waals surface area (Å²) < 4.78 is 19.4. The Morgan fingerprint density at radius 1 is 1.65 bits per heavy atom. The van der Waals surface area contributed by atoms with Crippen molar-refractivity contribution in [2.75, 3.05) is 6.61 Å². The maximum atomic E-state index is 13.1. The zero-order valence-corrected chi connectivity index (χ0v) is 10.2. The van der Waals surface area contributed by atoms with Gasteiger partial charge in [-0.1, -0.05) is 15.9 Å². The van der Waals surface area contributed by atoms with E-state index in [1.807, 2.05) is 4.98 Å². The highest BCUT2D eigenvalue weighted by Crippen LogP contribution is 2.32. The minimum atomic E-state index is -1.06. The number of aromatic amines is 1. The normalized spacial score (nSPS) is 28.5. The number of nitrogens with one attached hydrogen (secondary N) is 1. The van der Waals surface area contributed by atoms with Crippen LogP contribution in [0, 0.1) is 5.82 Å². The fourth-order valence-corrected chi connectivity index (χ4v) is 2.31. The smallest absolute Gasteiger partial charge is 0.330 e. The van der Waals surface area contributed by atoms with Crippen molar-refractivity contribution in [3.63, 3.8) is 0 Å². The number of H-pyrrole nitrogens is 1. The van der Waals surface area contributed by atoms with Gasteiger partial charge in [-0.25, -0.2) is 4.79 Å². The number of hydrogen-bond donors (Lipinski definition) is 2. The molecule has 1 aromatic rings. The van der Waals surface area contributed by atoms with Crippen LogP contribution in [0.5, 0.6) is 0 Å². The predicted octanol–water partition coefficient (Wildman–Crippen LogP) is -0.281. The SMILES string of the molecule is O=c1[nH]c(=O)n([C@H]2C[C@H](Br)[C@@H](CO)O2)cc1F. The third-order valence-corrected chi connectivity index (χ3v) is 3.54. The largest absolute Gasteiger partial charge is 0.394 e. The Morgan fingerprint density at radius 2 is 2.35 bits per heavy atom. The quantitative estimate of drug-likeness (QED) is 0.736. The van der Waals surface area contributed by atoms with Crippen LogP contribution in [0.3, 0.4) is 0 Å². The summed E-state index contributed by atoms with van der Waals surface area (Å²) in [6.45, 7) is -0.201. The Labute approximate surface area is 103 Å². The van der Waals surface area contributed by atoms with Crippen LogP contribution >= 0.6 is 15.9 Å². The minimum Gasteiger partial charge on any atom is -0.394 e. The molecular weight excluding hydrogens is 299 g/mol. The van der Waals surface area contributed by atoms with E-state index >= 15 is 0 Å². The lowest BCUT2D eigenvalue weighted by atomic mass is 10.2. The Morgan fingerprint density at radius 3 is 2.94 bits per heavy atom. The van der Waals surface area contributed by atoms with Crippen LogP contribution in [0.4, 0.5) is 4.39 Å². The van der Waals surface area contributed by atoms with Crippen LogP contribution in [-0.2, 0) is 4.74 Å². The van der Waals surface area contributed by atoms with Crippen molar-refractivity contribution < 1.29 is 14.2 Å². The highest BCUT2D eigenvalue weighted by Gasteiger charge is 2.34. The molecule has 8 heteroatoms. The molecule has 1 aromatic heterocycles. The van der Waals surface area contributed by atoms with Gasteiger partial charge in [0.1, 0.15) is 6.23 Å². The van der Waals surface area contributed by atoms with Crippen LogP contribution < -0.4 is 11.2 Å². The van der Waals surface area contributed by atoms with Crippen molar-refractivity contribution in [3.05, 3.63) is 32.9 Å². The Hall–Kier alpha value is -0.990. The number of halogens is 2. The average molecular weight is 309 g/mol. The Bertz CT molecular complexity index is 528. The monoisotopic (exact) mass is 308 g/mol. The number of aromatic nitrogens is 2. The third kappa shape index (κ3) is 2.33. The van der Waals surface area contributed by atoms with Gasteiger partial charge in [0, 0.05) is 11.2 Å². The van der Waals surface area contributed by atoms with Crippen molar-refractivity contribution in [2.45, 2.75) is 23.6 Å². The Balaban J connectivity index is 2.34. The maximum absolute atomic E-state index is 13.1. The van der Waals surface area contributed by atoms with Gasteiger partial charge in [0.2, 0.25) is 5.82 Å².